The van der Waals surface area contributed by atoms with Crippen LogP contribution in [-0.2, 0) is 6.54 Å². The second kappa shape index (κ2) is 9.81. The summed E-state index contributed by atoms with van der Waals surface area (Å²) in [6, 6.07) is 15.0. The maximum Gasteiger partial charge on any atom is 0.253 e. The van der Waals surface area contributed by atoms with Crippen molar-refractivity contribution in [3.8, 4) is 5.75 Å². The zero-order chi connectivity index (χ0) is 17.6. The normalized spacial score (nSPS) is 16.7. The summed E-state index contributed by atoms with van der Waals surface area (Å²) in [6.45, 7) is 2.56. The Kier molecular flexibility index (Phi) is 7.76. The minimum atomic E-state index is 0. The van der Waals surface area contributed by atoms with Gasteiger partial charge in [-0.25, -0.2) is 0 Å². The highest BCUT2D eigenvalue weighted by molar-refractivity contribution is 6.32. The number of ether oxygens (including phenoxy) is 1. The molecule has 1 amide bonds. The average Bonchev–Trinajstić information content (AvgIpc) is 2.67. The number of amides is 1. The van der Waals surface area contributed by atoms with E-state index in [0.717, 1.165) is 24.9 Å². The molecule has 2 aromatic rings. The lowest BCUT2D eigenvalue weighted by Gasteiger charge is -2.32. The molecule has 0 aromatic heterocycles. The van der Waals surface area contributed by atoms with Crippen molar-refractivity contribution >= 4 is 29.9 Å². The van der Waals surface area contributed by atoms with E-state index >= 15 is 0 Å². The number of rotatable bonds is 5. The van der Waals surface area contributed by atoms with Crippen LogP contribution in [0.5, 0.6) is 5.75 Å². The molecule has 0 aliphatic carbocycles. The van der Waals surface area contributed by atoms with Gasteiger partial charge in [0.05, 0.1) is 11.6 Å². The molecular weight excluding hydrogens is 371 g/mol. The van der Waals surface area contributed by atoms with Gasteiger partial charge in [-0.05, 0) is 42.7 Å². The lowest BCUT2D eigenvalue weighted by molar-refractivity contribution is 0.0633. The first kappa shape index (κ1) is 20.6. The highest BCUT2D eigenvalue weighted by Crippen LogP contribution is 2.25. The van der Waals surface area contributed by atoms with E-state index in [9.17, 15) is 4.79 Å². The first-order chi connectivity index (χ1) is 12.2. The van der Waals surface area contributed by atoms with Gasteiger partial charge in [0.25, 0.3) is 5.91 Å². The zero-order valence-corrected chi connectivity index (χ0v) is 16.1. The Morgan fingerprint density at radius 1 is 1.19 bits per heavy atom. The van der Waals surface area contributed by atoms with Crippen molar-refractivity contribution in [2.75, 3.05) is 19.7 Å². The standard InChI is InChI=1S/C20H23ClN2O2.ClH/c21-18-5-1-2-6-19(18)25-14-16-4-3-11-23(13-16)20(24)17-9-7-15(12-22)8-10-17;/h1-2,5-10,16H,3-4,11-14,22H2;1H. The second-order valence-electron chi connectivity index (χ2n) is 6.40. The minimum Gasteiger partial charge on any atom is -0.492 e. The molecule has 0 bridgehead atoms. The highest BCUT2D eigenvalue weighted by atomic mass is 35.5. The van der Waals surface area contributed by atoms with Crippen molar-refractivity contribution in [2.24, 2.45) is 11.7 Å². The molecule has 1 fully saturated rings. The van der Waals surface area contributed by atoms with Gasteiger partial charge < -0.3 is 15.4 Å². The summed E-state index contributed by atoms with van der Waals surface area (Å²) in [4.78, 5) is 14.6. The molecule has 1 heterocycles. The first-order valence-electron chi connectivity index (χ1n) is 8.63. The van der Waals surface area contributed by atoms with Crippen molar-refractivity contribution in [2.45, 2.75) is 19.4 Å². The van der Waals surface area contributed by atoms with E-state index in [2.05, 4.69) is 0 Å². The van der Waals surface area contributed by atoms with Crippen LogP contribution in [-0.4, -0.2) is 30.5 Å². The predicted molar refractivity (Wildman–Crippen MR) is 107 cm³/mol. The summed E-state index contributed by atoms with van der Waals surface area (Å²) in [5.74, 6) is 1.09. The number of likely N-dealkylation sites (tertiary alicyclic amines) is 1. The van der Waals surface area contributed by atoms with Crippen molar-refractivity contribution in [1.29, 1.82) is 0 Å². The molecule has 1 aliphatic rings. The molecule has 6 heteroatoms. The van der Waals surface area contributed by atoms with Gasteiger partial charge in [0.15, 0.2) is 0 Å². The molecule has 2 aromatic carbocycles. The van der Waals surface area contributed by atoms with E-state index in [0.29, 0.717) is 41.9 Å². The summed E-state index contributed by atoms with van der Waals surface area (Å²) in [5, 5.41) is 0.617. The number of nitrogens with zero attached hydrogens (tertiary/aromatic N) is 1. The van der Waals surface area contributed by atoms with Gasteiger partial charge in [0.2, 0.25) is 0 Å². The Morgan fingerprint density at radius 2 is 1.92 bits per heavy atom. The van der Waals surface area contributed by atoms with Crippen LogP contribution < -0.4 is 10.5 Å². The number of benzene rings is 2. The Hall–Kier alpha value is -1.75. The predicted octanol–water partition coefficient (Wildman–Crippen LogP) is 4.15. The smallest absolute Gasteiger partial charge is 0.253 e. The number of carbonyl (C=O) groups excluding carboxylic acids is 1. The van der Waals surface area contributed by atoms with Crippen LogP contribution in [0, 0.1) is 5.92 Å². The van der Waals surface area contributed by atoms with Crippen molar-refractivity contribution < 1.29 is 9.53 Å². The third kappa shape index (κ3) is 5.13. The van der Waals surface area contributed by atoms with Crippen LogP contribution in [0.1, 0.15) is 28.8 Å². The minimum absolute atomic E-state index is 0. The van der Waals surface area contributed by atoms with Crippen LogP contribution in [0.2, 0.25) is 5.02 Å². The maximum absolute atomic E-state index is 12.7. The number of hydrogen-bond donors (Lipinski definition) is 1. The Bertz CT molecular complexity index is 722. The van der Waals surface area contributed by atoms with Gasteiger partial charge in [-0.2, -0.15) is 0 Å². The molecule has 1 unspecified atom stereocenters. The van der Waals surface area contributed by atoms with Gasteiger partial charge in [-0.15, -0.1) is 12.4 Å². The third-order valence-electron chi connectivity index (χ3n) is 4.55. The van der Waals surface area contributed by atoms with Gasteiger partial charge in [0, 0.05) is 31.1 Å². The number of para-hydroxylation sites is 1. The van der Waals surface area contributed by atoms with Crippen molar-refractivity contribution in [3.63, 3.8) is 0 Å². The fourth-order valence-corrected chi connectivity index (χ4v) is 3.31. The van der Waals surface area contributed by atoms with E-state index in [1.54, 1.807) is 0 Å². The van der Waals surface area contributed by atoms with Gasteiger partial charge in [0.1, 0.15) is 5.75 Å². The molecule has 1 aliphatic heterocycles. The molecule has 1 saturated heterocycles. The molecule has 0 radical (unpaired) electrons. The highest BCUT2D eigenvalue weighted by Gasteiger charge is 2.25. The monoisotopic (exact) mass is 394 g/mol. The molecule has 2 N–H and O–H groups in total. The third-order valence-corrected chi connectivity index (χ3v) is 4.87. The Morgan fingerprint density at radius 3 is 2.62 bits per heavy atom. The summed E-state index contributed by atoms with van der Waals surface area (Å²) >= 11 is 6.13. The molecule has 0 spiro atoms. The van der Waals surface area contributed by atoms with Crippen LogP contribution in [0.15, 0.2) is 48.5 Å². The fraction of sp³-hybridized carbons (Fsp3) is 0.350. The molecule has 140 valence electrons. The molecule has 1 atom stereocenters. The largest absolute Gasteiger partial charge is 0.492 e. The van der Waals surface area contributed by atoms with Crippen LogP contribution in [0.4, 0.5) is 0 Å². The van der Waals surface area contributed by atoms with E-state index in [-0.39, 0.29) is 18.3 Å². The van der Waals surface area contributed by atoms with Gasteiger partial charge in [-0.1, -0.05) is 35.9 Å². The van der Waals surface area contributed by atoms with Crippen molar-refractivity contribution in [3.05, 3.63) is 64.7 Å². The average molecular weight is 395 g/mol. The number of halogens is 2. The van der Waals surface area contributed by atoms with E-state index < -0.39 is 0 Å². The SMILES string of the molecule is Cl.NCc1ccc(C(=O)N2CCCC(COc3ccccc3Cl)C2)cc1. The molecule has 4 nitrogen and oxygen atoms in total. The summed E-state index contributed by atoms with van der Waals surface area (Å²) in [5.41, 5.74) is 7.35. The zero-order valence-electron chi connectivity index (χ0n) is 14.6. The van der Waals surface area contributed by atoms with E-state index in [1.165, 1.54) is 0 Å². The number of hydrogen-bond acceptors (Lipinski definition) is 3. The fourth-order valence-electron chi connectivity index (χ4n) is 3.12. The number of piperidine rings is 1. The molecule has 26 heavy (non-hydrogen) atoms. The Labute approximate surface area is 165 Å². The lowest BCUT2D eigenvalue weighted by Crippen LogP contribution is -2.41. The molecule has 0 saturated carbocycles. The van der Waals surface area contributed by atoms with Gasteiger partial charge in [-0.3, -0.25) is 4.79 Å². The van der Waals surface area contributed by atoms with Gasteiger partial charge >= 0.3 is 0 Å². The van der Waals surface area contributed by atoms with Crippen LogP contribution in [0.3, 0.4) is 0 Å². The van der Waals surface area contributed by atoms with Crippen LogP contribution in [0.25, 0.3) is 0 Å². The second-order valence-corrected chi connectivity index (χ2v) is 6.81. The number of nitrogens with two attached hydrogens (primary N) is 1. The molecular formula is C20H24Cl2N2O2. The lowest BCUT2D eigenvalue weighted by atomic mass is 9.98. The Balaban J connectivity index is 0.00000243. The first-order valence-corrected chi connectivity index (χ1v) is 9.01. The van der Waals surface area contributed by atoms with E-state index in [1.807, 2.05) is 53.4 Å². The maximum atomic E-state index is 12.7. The number of carbonyl (C=O) groups is 1. The van der Waals surface area contributed by atoms with Crippen LogP contribution >= 0.6 is 24.0 Å². The van der Waals surface area contributed by atoms with Crippen molar-refractivity contribution in [1.82, 2.24) is 4.90 Å². The summed E-state index contributed by atoms with van der Waals surface area (Å²) < 4.78 is 5.86. The molecule has 3 rings (SSSR count). The van der Waals surface area contributed by atoms with E-state index in [4.69, 9.17) is 22.1 Å². The topological polar surface area (TPSA) is 55.6 Å². The summed E-state index contributed by atoms with van der Waals surface area (Å²) in [6.07, 6.45) is 2.05. The quantitative estimate of drug-likeness (QED) is 0.828. The summed E-state index contributed by atoms with van der Waals surface area (Å²) in [7, 11) is 0.